The molecule has 38 heavy (non-hydrogen) atoms. The minimum atomic E-state index is -4.20. The minimum Gasteiger partial charge on any atom is -0.494 e. The Kier molecular flexibility index (Phi) is 8.49. The number of carbonyl (C=O) groups is 1. The van der Waals surface area contributed by atoms with Crippen LogP contribution < -0.4 is 10.1 Å². The van der Waals surface area contributed by atoms with E-state index in [1.54, 1.807) is 24.3 Å². The first kappa shape index (κ1) is 27.7. The maximum atomic E-state index is 14.1. The highest BCUT2D eigenvalue weighted by Gasteiger charge is 2.49. The Balaban J connectivity index is 1.87. The molecule has 0 radical (unpaired) electrons. The molecule has 0 spiro atoms. The van der Waals surface area contributed by atoms with Crippen molar-refractivity contribution in [2.24, 2.45) is 0 Å². The zero-order valence-corrected chi connectivity index (χ0v) is 22.6. The number of nitrogens with zero attached hydrogens (tertiary/aromatic N) is 1. The van der Waals surface area contributed by atoms with Gasteiger partial charge in [0.2, 0.25) is 15.9 Å². The van der Waals surface area contributed by atoms with E-state index in [1.807, 2.05) is 37.3 Å². The number of fused-ring (bicyclic) bond motifs is 1. The number of sulfonamides is 1. The maximum absolute atomic E-state index is 14.1. The Morgan fingerprint density at radius 1 is 1.03 bits per heavy atom. The average molecular weight is 541 g/mol. The Labute approximate surface area is 223 Å². The van der Waals surface area contributed by atoms with Gasteiger partial charge in [-0.15, -0.1) is 0 Å². The predicted octanol–water partition coefficient (Wildman–Crippen LogP) is 3.93. The number of anilines is 1. The minimum absolute atomic E-state index is 0.0471. The van der Waals surface area contributed by atoms with Gasteiger partial charge in [0, 0.05) is 19.6 Å². The molecule has 202 valence electrons. The molecular formula is C28H32N2O7S. The van der Waals surface area contributed by atoms with Crippen molar-refractivity contribution in [2.45, 2.75) is 43.7 Å². The number of ether oxygens (including phenoxy) is 3. The second-order valence-electron chi connectivity index (χ2n) is 9.07. The average Bonchev–Trinajstić information content (AvgIpc) is 2.90. The van der Waals surface area contributed by atoms with Gasteiger partial charge in [0.25, 0.3) is 0 Å². The third kappa shape index (κ3) is 5.45. The van der Waals surface area contributed by atoms with Crippen LogP contribution in [-0.2, 0) is 30.9 Å². The molecule has 4 rings (SSSR count). The summed E-state index contributed by atoms with van der Waals surface area (Å²) in [6.45, 7) is 3.39. The Hall–Kier alpha value is -3.28. The topological polar surface area (TPSA) is 114 Å². The van der Waals surface area contributed by atoms with Crippen LogP contribution in [0.2, 0.25) is 0 Å². The molecule has 1 heterocycles. The lowest BCUT2D eigenvalue weighted by Gasteiger charge is -2.44. The van der Waals surface area contributed by atoms with E-state index in [1.165, 1.54) is 33.3 Å². The molecule has 0 saturated heterocycles. The number of amides is 1. The van der Waals surface area contributed by atoms with Gasteiger partial charge in [-0.1, -0.05) is 54.1 Å². The number of hydrogen-bond acceptors (Lipinski definition) is 7. The van der Waals surface area contributed by atoms with Crippen LogP contribution in [0.15, 0.2) is 71.6 Å². The van der Waals surface area contributed by atoms with Crippen LogP contribution in [0.4, 0.5) is 5.69 Å². The van der Waals surface area contributed by atoms with Gasteiger partial charge in [-0.25, -0.2) is 8.42 Å². The van der Waals surface area contributed by atoms with Crippen molar-refractivity contribution in [1.82, 2.24) is 4.31 Å². The van der Waals surface area contributed by atoms with Crippen LogP contribution in [0.1, 0.15) is 41.3 Å². The fourth-order valence-electron chi connectivity index (χ4n) is 4.71. The van der Waals surface area contributed by atoms with Crippen molar-refractivity contribution in [1.29, 1.82) is 0 Å². The zero-order chi connectivity index (χ0) is 27.4. The van der Waals surface area contributed by atoms with E-state index < -0.39 is 28.4 Å². The smallest absolute Gasteiger partial charge is 0.246 e. The second-order valence-corrected chi connectivity index (χ2v) is 10.9. The second kappa shape index (κ2) is 11.6. The van der Waals surface area contributed by atoms with Crippen molar-refractivity contribution in [3.63, 3.8) is 0 Å². The molecule has 0 unspecified atom stereocenters. The van der Waals surface area contributed by atoms with Gasteiger partial charge in [-0.05, 0) is 36.2 Å². The molecule has 0 bridgehead atoms. The molecule has 1 aliphatic rings. The fourth-order valence-corrected chi connectivity index (χ4v) is 6.41. The number of aliphatic hydroxyl groups excluding tert-OH is 1. The molecular weight excluding hydrogens is 508 g/mol. The summed E-state index contributed by atoms with van der Waals surface area (Å²) in [5.41, 5.74) is 2.98. The van der Waals surface area contributed by atoms with E-state index in [2.05, 4.69) is 5.32 Å². The van der Waals surface area contributed by atoms with Gasteiger partial charge in [0.15, 0.2) is 6.23 Å². The fraction of sp³-hybridized carbons (Fsp3) is 0.321. The summed E-state index contributed by atoms with van der Waals surface area (Å²) in [4.78, 5) is 11.9. The number of aliphatic hydroxyl groups is 1. The lowest BCUT2D eigenvalue weighted by atomic mass is 9.90. The summed E-state index contributed by atoms with van der Waals surface area (Å²) in [6, 6.07) is 18.3. The zero-order valence-electron chi connectivity index (χ0n) is 21.7. The van der Waals surface area contributed by atoms with Crippen molar-refractivity contribution in [3.05, 3.63) is 89.0 Å². The van der Waals surface area contributed by atoms with E-state index in [9.17, 15) is 18.3 Å². The Morgan fingerprint density at radius 2 is 1.71 bits per heavy atom. The summed E-state index contributed by atoms with van der Waals surface area (Å²) < 4.78 is 46.7. The Bertz CT molecular complexity index is 1380. The molecule has 3 atom stereocenters. The van der Waals surface area contributed by atoms with Gasteiger partial charge in [0.1, 0.15) is 11.9 Å². The van der Waals surface area contributed by atoms with Gasteiger partial charge >= 0.3 is 0 Å². The third-order valence-corrected chi connectivity index (χ3v) is 8.33. The highest BCUT2D eigenvalue weighted by Crippen LogP contribution is 2.48. The molecule has 9 nitrogen and oxygen atoms in total. The summed E-state index contributed by atoms with van der Waals surface area (Å²) in [7, 11) is -1.42. The lowest BCUT2D eigenvalue weighted by molar-refractivity contribution is -0.114. The van der Waals surface area contributed by atoms with Crippen molar-refractivity contribution < 1.29 is 32.5 Å². The van der Waals surface area contributed by atoms with Gasteiger partial charge in [-0.3, -0.25) is 4.79 Å². The monoisotopic (exact) mass is 540 g/mol. The van der Waals surface area contributed by atoms with Crippen LogP contribution in [-0.4, -0.2) is 50.8 Å². The molecule has 3 aromatic rings. The van der Waals surface area contributed by atoms with Gasteiger partial charge < -0.3 is 24.6 Å². The van der Waals surface area contributed by atoms with Crippen molar-refractivity contribution >= 4 is 21.6 Å². The van der Waals surface area contributed by atoms with Crippen LogP contribution in [0, 0.1) is 6.92 Å². The molecule has 10 heteroatoms. The number of methoxy groups -OCH3 is 2. The van der Waals surface area contributed by atoms with E-state index in [-0.39, 0.29) is 29.8 Å². The number of aryl methyl sites for hydroxylation is 1. The first-order valence-electron chi connectivity index (χ1n) is 12.1. The molecule has 1 aliphatic heterocycles. The predicted molar refractivity (Wildman–Crippen MR) is 142 cm³/mol. The SMILES string of the molecule is COc1c(NC(C)=O)ccc2c1[C@@H](COCc1ccccc1)N(S(=O)(=O)c1ccc(C)cc1)[C@@H](OC)[C@@H]2O. The molecule has 2 N–H and O–H groups in total. The van der Waals surface area contributed by atoms with Gasteiger partial charge in [-0.2, -0.15) is 4.31 Å². The molecule has 1 amide bonds. The first-order valence-corrected chi connectivity index (χ1v) is 13.5. The Morgan fingerprint density at radius 3 is 2.32 bits per heavy atom. The lowest BCUT2D eigenvalue weighted by Crippen LogP contribution is -2.51. The maximum Gasteiger partial charge on any atom is 0.246 e. The van der Waals surface area contributed by atoms with Crippen LogP contribution >= 0.6 is 0 Å². The number of hydrogen-bond donors (Lipinski definition) is 2. The molecule has 0 saturated carbocycles. The summed E-state index contributed by atoms with van der Waals surface area (Å²) >= 11 is 0. The largest absolute Gasteiger partial charge is 0.494 e. The summed E-state index contributed by atoms with van der Waals surface area (Å²) in [5, 5.41) is 14.1. The third-order valence-electron chi connectivity index (χ3n) is 6.45. The number of nitrogens with one attached hydrogen (secondary N) is 1. The highest BCUT2D eigenvalue weighted by molar-refractivity contribution is 7.89. The first-order chi connectivity index (χ1) is 18.2. The van der Waals surface area contributed by atoms with Gasteiger partial charge in [0.05, 0.1) is 36.9 Å². The number of rotatable bonds is 9. The highest BCUT2D eigenvalue weighted by atomic mass is 32.2. The molecule has 3 aromatic carbocycles. The van der Waals surface area contributed by atoms with Crippen molar-refractivity contribution in [2.75, 3.05) is 26.1 Å². The normalized spacial score (nSPS) is 19.6. The molecule has 0 fully saturated rings. The van der Waals surface area contributed by atoms with E-state index in [0.29, 0.717) is 16.8 Å². The summed E-state index contributed by atoms with van der Waals surface area (Å²) in [5.74, 6) is -0.0842. The van der Waals surface area contributed by atoms with Crippen LogP contribution in [0.5, 0.6) is 5.75 Å². The van der Waals surface area contributed by atoms with Crippen LogP contribution in [0.25, 0.3) is 0 Å². The van der Waals surface area contributed by atoms with Crippen LogP contribution in [0.3, 0.4) is 0 Å². The summed E-state index contributed by atoms with van der Waals surface area (Å²) in [6.07, 6.45) is -2.57. The quantitative estimate of drug-likeness (QED) is 0.423. The van der Waals surface area contributed by atoms with E-state index in [4.69, 9.17) is 14.2 Å². The number of carbonyl (C=O) groups excluding carboxylic acids is 1. The van der Waals surface area contributed by atoms with E-state index >= 15 is 0 Å². The molecule has 0 aromatic heterocycles. The number of benzene rings is 3. The molecule has 0 aliphatic carbocycles. The standard InChI is InChI=1S/C28H32N2O7S/c1-18-10-12-21(13-11-18)38(33,34)30-24(17-37-16-20-8-6-5-7-9-20)25-22(26(32)28(30)36-4)14-15-23(27(25)35-3)29-19(2)31/h5-15,24,26,28,32H,16-17H2,1-4H3,(H,29,31)/t24-,26-,28+/m1/s1. The van der Waals surface area contributed by atoms with E-state index in [0.717, 1.165) is 15.4 Å². The van der Waals surface area contributed by atoms with Crippen molar-refractivity contribution in [3.8, 4) is 5.75 Å².